The molecule has 2 aromatic carbocycles. The molecule has 6 nitrogen and oxygen atoms in total. The standard InChI is InChI=1S/C23H31N3O3S/c1-5-22(26(30(4,28)29)21-12-11-18(2)19(3)17-21)23(27)25-15-13-24(14-16-25)20-9-7-6-8-10-20/h6-12,17,22H,5,13-16H2,1-4H3/t22-/m0/s1. The lowest BCUT2D eigenvalue weighted by atomic mass is 10.1. The van der Waals surface area contributed by atoms with Crippen molar-refractivity contribution in [2.24, 2.45) is 0 Å². The van der Waals surface area contributed by atoms with Gasteiger partial charge in [0.25, 0.3) is 0 Å². The maximum atomic E-state index is 13.4. The molecule has 0 aliphatic carbocycles. The van der Waals surface area contributed by atoms with E-state index in [4.69, 9.17) is 0 Å². The monoisotopic (exact) mass is 429 g/mol. The lowest BCUT2D eigenvalue weighted by Crippen LogP contribution is -2.56. The van der Waals surface area contributed by atoms with Gasteiger partial charge in [0.1, 0.15) is 6.04 Å². The van der Waals surface area contributed by atoms with E-state index in [-0.39, 0.29) is 5.91 Å². The zero-order valence-electron chi connectivity index (χ0n) is 18.2. The summed E-state index contributed by atoms with van der Waals surface area (Å²) < 4.78 is 26.7. The molecule has 0 bridgehead atoms. The Kier molecular flexibility index (Phi) is 6.71. The Labute approximate surface area is 180 Å². The van der Waals surface area contributed by atoms with Crippen LogP contribution in [-0.2, 0) is 14.8 Å². The Morgan fingerprint density at radius 1 is 1.00 bits per heavy atom. The number of carbonyl (C=O) groups excluding carboxylic acids is 1. The predicted octanol–water partition coefficient (Wildman–Crippen LogP) is 3.20. The summed E-state index contributed by atoms with van der Waals surface area (Å²) in [5, 5.41) is 0. The number of nitrogens with zero attached hydrogens (tertiary/aromatic N) is 3. The summed E-state index contributed by atoms with van der Waals surface area (Å²) in [6.45, 7) is 8.42. The quantitative estimate of drug-likeness (QED) is 0.708. The molecule has 0 unspecified atom stereocenters. The molecule has 3 rings (SSSR count). The summed E-state index contributed by atoms with van der Waals surface area (Å²) in [7, 11) is -3.62. The molecule has 1 aliphatic heterocycles. The number of piperazine rings is 1. The van der Waals surface area contributed by atoms with Crippen molar-refractivity contribution >= 4 is 27.3 Å². The second-order valence-electron chi connectivity index (χ2n) is 7.90. The highest BCUT2D eigenvalue weighted by Gasteiger charge is 2.35. The van der Waals surface area contributed by atoms with Gasteiger partial charge < -0.3 is 9.80 Å². The van der Waals surface area contributed by atoms with Crippen LogP contribution in [0.2, 0.25) is 0 Å². The lowest BCUT2D eigenvalue weighted by Gasteiger charge is -2.39. The fourth-order valence-corrected chi connectivity index (χ4v) is 5.14. The van der Waals surface area contributed by atoms with Gasteiger partial charge in [-0.25, -0.2) is 8.42 Å². The molecular weight excluding hydrogens is 398 g/mol. The Morgan fingerprint density at radius 2 is 1.63 bits per heavy atom. The van der Waals surface area contributed by atoms with Crippen LogP contribution in [0.5, 0.6) is 0 Å². The van der Waals surface area contributed by atoms with Crippen LogP contribution < -0.4 is 9.21 Å². The van der Waals surface area contributed by atoms with Crippen LogP contribution in [0.3, 0.4) is 0 Å². The number of aryl methyl sites for hydroxylation is 2. The summed E-state index contributed by atoms with van der Waals surface area (Å²) in [5.41, 5.74) is 3.77. The molecule has 1 saturated heterocycles. The third-order valence-electron chi connectivity index (χ3n) is 5.77. The first-order valence-electron chi connectivity index (χ1n) is 10.4. The number of para-hydroxylation sites is 1. The van der Waals surface area contributed by atoms with Gasteiger partial charge in [-0.15, -0.1) is 0 Å². The van der Waals surface area contributed by atoms with E-state index in [0.29, 0.717) is 25.2 Å². The van der Waals surface area contributed by atoms with Crippen LogP contribution in [0.25, 0.3) is 0 Å². The number of hydrogen-bond acceptors (Lipinski definition) is 4. The summed E-state index contributed by atoms with van der Waals surface area (Å²) in [6, 6.07) is 14.9. The summed E-state index contributed by atoms with van der Waals surface area (Å²) in [5.74, 6) is -0.131. The van der Waals surface area contributed by atoms with Crippen molar-refractivity contribution in [3.8, 4) is 0 Å². The molecule has 7 heteroatoms. The van der Waals surface area contributed by atoms with Crippen molar-refractivity contribution in [2.75, 3.05) is 41.6 Å². The van der Waals surface area contributed by atoms with Crippen LogP contribution in [0.15, 0.2) is 48.5 Å². The number of anilines is 2. The zero-order chi connectivity index (χ0) is 21.9. The molecule has 1 amide bonds. The first kappa shape index (κ1) is 22.2. The van der Waals surface area contributed by atoms with E-state index in [1.54, 1.807) is 11.0 Å². The maximum absolute atomic E-state index is 13.4. The van der Waals surface area contributed by atoms with Gasteiger partial charge in [-0.1, -0.05) is 31.2 Å². The number of rotatable bonds is 6. The molecule has 2 aromatic rings. The SMILES string of the molecule is CC[C@@H](C(=O)N1CCN(c2ccccc2)CC1)N(c1ccc(C)c(C)c1)S(C)(=O)=O. The van der Waals surface area contributed by atoms with Crippen molar-refractivity contribution in [2.45, 2.75) is 33.2 Å². The van der Waals surface area contributed by atoms with Gasteiger partial charge in [-0.05, 0) is 55.7 Å². The zero-order valence-corrected chi connectivity index (χ0v) is 19.0. The van der Waals surface area contributed by atoms with Crippen LogP contribution in [0, 0.1) is 13.8 Å². The number of amides is 1. The van der Waals surface area contributed by atoms with Crippen LogP contribution in [0.4, 0.5) is 11.4 Å². The average molecular weight is 430 g/mol. The van der Waals surface area contributed by atoms with Gasteiger partial charge in [0.15, 0.2) is 0 Å². The van der Waals surface area contributed by atoms with E-state index in [9.17, 15) is 13.2 Å². The van der Waals surface area contributed by atoms with E-state index < -0.39 is 16.1 Å². The molecule has 0 spiro atoms. The second-order valence-corrected chi connectivity index (χ2v) is 9.76. The molecule has 0 N–H and O–H groups in total. The highest BCUT2D eigenvalue weighted by atomic mass is 32.2. The highest BCUT2D eigenvalue weighted by molar-refractivity contribution is 7.92. The minimum Gasteiger partial charge on any atom is -0.368 e. The number of benzene rings is 2. The van der Waals surface area contributed by atoms with E-state index >= 15 is 0 Å². The number of hydrogen-bond donors (Lipinski definition) is 0. The largest absolute Gasteiger partial charge is 0.368 e. The predicted molar refractivity (Wildman–Crippen MR) is 123 cm³/mol. The molecule has 1 fully saturated rings. The Balaban J connectivity index is 1.80. The third kappa shape index (κ3) is 4.78. The molecule has 1 heterocycles. The average Bonchev–Trinajstić information content (AvgIpc) is 2.73. The summed E-state index contributed by atoms with van der Waals surface area (Å²) >= 11 is 0. The molecule has 0 radical (unpaired) electrons. The molecule has 162 valence electrons. The van der Waals surface area contributed by atoms with Crippen molar-refractivity contribution in [1.82, 2.24) is 4.90 Å². The van der Waals surface area contributed by atoms with Crippen LogP contribution in [-0.4, -0.2) is 57.7 Å². The number of sulfonamides is 1. The van der Waals surface area contributed by atoms with Crippen molar-refractivity contribution in [3.63, 3.8) is 0 Å². The Morgan fingerprint density at radius 3 is 2.17 bits per heavy atom. The minimum absolute atomic E-state index is 0.131. The van der Waals surface area contributed by atoms with E-state index in [1.165, 1.54) is 10.6 Å². The third-order valence-corrected chi connectivity index (χ3v) is 6.95. The fraction of sp³-hybridized carbons (Fsp3) is 0.435. The van der Waals surface area contributed by atoms with E-state index in [0.717, 1.165) is 29.9 Å². The van der Waals surface area contributed by atoms with E-state index in [1.807, 2.05) is 51.1 Å². The Hall–Kier alpha value is -2.54. The smallest absolute Gasteiger partial charge is 0.246 e. The summed E-state index contributed by atoms with van der Waals surface area (Å²) in [4.78, 5) is 17.4. The fourth-order valence-electron chi connectivity index (χ4n) is 3.94. The topological polar surface area (TPSA) is 60.9 Å². The molecular formula is C23H31N3O3S. The molecule has 0 saturated carbocycles. The Bertz CT molecular complexity index is 984. The van der Waals surface area contributed by atoms with Gasteiger partial charge in [-0.3, -0.25) is 9.10 Å². The summed E-state index contributed by atoms with van der Waals surface area (Å²) in [6.07, 6.45) is 1.59. The van der Waals surface area contributed by atoms with Crippen molar-refractivity contribution in [1.29, 1.82) is 0 Å². The second kappa shape index (κ2) is 9.08. The van der Waals surface area contributed by atoms with Crippen LogP contribution in [0.1, 0.15) is 24.5 Å². The van der Waals surface area contributed by atoms with Gasteiger partial charge in [-0.2, -0.15) is 0 Å². The van der Waals surface area contributed by atoms with Crippen molar-refractivity contribution < 1.29 is 13.2 Å². The van der Waals surface area contributed by atoms with Crippen molar-refractivity contribution in [3.05, 3.63) is 59.7 Å². The minimum atomic E-state index is -3.62. The molecule has 1 atom stereocenters. The molecule has 1 aliphatic rings. The van der Waals surface area contributed by atoms with E-state index in [2.05, 4.69) is 17.0 Å². The van der Waals surface area contributed by atoms with Gasteiger partial charge in [0.05, 0.1) is 11.9 Å². The maximum Gasteiger partial charge on any atom is 0.246 e. The van der Waals surface area contributed by atoms with Gasteiger partial charge in [0, 0.05) is 31.9 Å². The van der Waals surface area contributed by atoms with Crippen LogP contribution >= 0.6 is 0 Å². The normalized spacial score (nSPS) is 15.7. The van der Waals surface area contributed by atoms with Gasteiger partial charge >= 0.3 is 0 Å². The highest BCUT2D eigenvalue weighted by Crippen LogP contribution is 2.26. The first-order valence-corrected chi connectivity index (χ1v) is 12.2. The molecule has 0 aromatic heterocycles. The number of carbonyl (C=O) groups is 1. The van der Waals surface area contributed by atoms with Gasteiger partial charge in [0.2, 0.25) is 15.9 Å². The first-order chi connectivity index (χ1) is 14.2. The lowest BCUT2D eigenvalue weighted by molar-refractivity contribution is -0.132. The molecule has 30 heavy (non-hydrogen) atoms.